The number of rotatable bonds is 4. The maximum absolute atomic E-state index is 12.0. The molecule has 0 saturated heterocycles. The van der Waals surface area contributed by atoms with E-state index in [1.54, 1.807) is 48.5 Å². The molecule has 0 aliphatic carbocycles. The molecule has 0 aromatic heterocycles. The van der Waals surface area contributed by atoms with E-state index in [4.69, 9.17) is 9.47 Å². The molecule has 2 aromatic rings. The summed E-state index contributed by atoms with van der Waals surface area (Å²) in [6, 6.07) is 12.0. The highest BCUT2D eigenvalue weighted by Crippen LogP contribution is 2.32. The van der Waals surface area contributed by atoms with Crippen molar-refractivity contribution in [2.24, 2.45) is 0 Å². The Morgan fingerprint density at radius 1 is 1.04 bits per heavy atom. The van der Waals surface area contributed by atoms with E-state index < -0.39 is 5.97 Å². The zero-order chi connectivity index (χ0) is 17.6. The second-order valence-electron chi connectivity index (χ2n) is 5.29. The first-order valence-corrected chi connectivity index (χ1v) is 7.73. The molecule has 3 rings (SSSR count). The molecule has 2 aromatic carbocycles. The zero-order valence-electron chi connectivity index (χ0n) is 13.7. The van der Waals surface area contributed by atoms with Gasteiger partial charge in [-0.3, -0.25) is 4.79 Å². The largest absolute Gasteiger partial charge is 0.486 e. The van der Waals surface area contributed by atoms with E-state index in [1.807, 2.05) is 0 Å². The van der Waals surface area contributed by atoms with E-state index in [1.165, 1.54) is 13.2 Å². The third kappa shape index (κ3) is 4.17. The first-order valence-electron chi connectivity index (χ1n) is 7.73. The van der Waals surface area contributed by atoms with Crippen molar-refractivity contribution in [2.75, 3.05) is 25.6 Å². The molecule has 0 unspecified atom stereocenters. The highest BCUT2D eigenvalue weighted by atomic mass is 16.6. The molecule has 1 amide bonds. The van der Waals surface area contributed by atoms with Crippen molar-refractivity contribution in [3.05, 3.63) is 59.7 Å². The number of hydrogen-bond acceptors (Lipinski definition) is 5. The summed E-state index contributed by atoms with van der Waals surface area (Å²) < 4.78 is 15.6. The molecule has 0 saturated carbocycles. The summed E-state index contributed by atoms with van der Waals surface area (Å²) in [7, 11) is 1.33. The van der Waals surface area contributed by atoms with Gasteiger partial charge in [0.05, 0.1) is 12.7 Å². The van der Waals surface area contributed by atoms with Crippen molar-refractivity contribution in [1.82, 2.24) is 0 Å². The number of fused-ring (bicyclic) bond motifs is 1. The van der Waals surface area contributed by atoms with E-state index in [0.717, 1.165) is 5.56 Å². The number of anilines is 1. The number of amides is 1. The number of esters is 1. The molecular weight excluding hydrogens is 322 g/mol. The molecule has 0 atom stereocenters. The predicted molar refractivity (Wildman–Crippen MR) is 92.9 cm³/mol. The van der Waals surface area contributed by atoms with Crippen LogP contribution in [0.5, 0.6) is 11.5 Å². The summed E-state index contributed by atoms with van der Waals surface area (Å²) in [6.45, 7) is 1.02. The molecular formula is C19H17NO5. The molecule has 1 aliphatic heterocycles. The van der Waals surface area contributed by atoms with Crippen LogP contribution in [0.4, 0.5) is 5.69 Å². The van der Waals surface area contributed by atoms with Gasteiger partial charge in [0, 0.05) is 17.8 Å². The summed E-state index contributed by atoms with van der Waals surface area (Å²) in [6.07, 6.45) is 3.08. The topological polar surface area (TPSA) is 73.9 Å². The van der Waals surface area contributed by atoms with Crippen molar-refractivity contribution in [1.29, 1.82) is 0 Å². The van der Waals surface area contributed by atoms with Gasteiger partial charge in [0.25, 0.3) is 0 Å². The fraction of sp³-hybridized carbons (Fsp3) is 0.158. The Kier molecular flexibility index (Phi) is 4.99. The summed E-state index contributed by atoms with van der Waals surface area (Å²) in [5.74, 6) is 0.623. The lowest BCUT2D eigenvalue weighted by Crippen LogP contribution is -2.16. The predicted octanol–water partition coefficient (Wildman–Crippen LogP) is 2.90. The van der Waals surface area contributed by atoms with Crippen LogP contribution < -0.4 is 14.8 Å². The number of methoxy groups -OCH3 is 1. The van der Waals surface area contributed by atoms with Gasteiger partial charge in [-0.15, -0.1) is 0 Å². The van der Waals surface area contributed by atoms with Crippen LogP contribution in [0, 0.1) is 0 Å². The Labute approximate surface area is 145 Å². The first-order chi connectivity index (χ1) is 12.2. The minimum absolute atomic E-state index is 0.270. The fourth-order valence-electron chi connectivity index (χ4n) is 2.33. The summed E-state index contributed by atoms with van der Waals surface area (Å²) in [4.78, 5) is 23.4. The van der Waals surface area contributed by atoms with Crippen LogP contribution in [0.1, 0.15) is 15.9 Å². The Balaban J connectivity index is 1.62. The number of ether oxygens (including phenoxy) is 3. The Hall–Kier alpha value is -3.28. The highest BCUT2D eigenvalue weighted by molar-refractivity contribution is 6.02. The van der Waals surface area contributed by atoms with E-state index in [2.05, 4.69) is 10.1 Å². The molecule has 1 aliphatic rings. The lowest BCUT2D eigenvalue weighted by atomic mass is 10.1. The lowest BCUT2D eigenvalue weighted by Gasteiger charge is -2.18. The summed E-state index contributed by atoms with van der Waals surface area (Å²) >= 11 is 0. The minimum atomic E-state index is -0.396. The molecule has 1 N–H and O–H groups in total. The van der Waals surface area contributed by atoms with Gasteiger partial charge >= 0.3 is 5.97 Å². The van der Waals surface area contributed by atoms with Gasteiger partial charge in [-0.2, -0.15) is 0 Å². The van der Waals surface area contributed by atoms with E-state index in [9.17, 15) is 9.59 Å². The van der Waals surface area contributed by atoms with Gasteiger partial charge in [0.15, 0.2) is 11.5 Å². The van der Waals surface area contributed by atoms with Crippen molar-refractivity contribution in [3.8, 4) is 11.5 Å². The third-order valence-electron chi connectivity index (χ3n) is 3.57. The molecule has 6 nitrogen and oxygen atoms in total. The van der Waals surface area contributed by atoms with Crippen molar-refractivity contribution >= 4 is 23.6 Å². The van der Waals surface area contributed by atoms with Gasteiger partial charge in [-0.25, -0.2) is 4.79 Å². The monoisotopic (exact) mass is 339 g/mol. The quantitative estimate of drug-likeness (QED) is 0.685. The molecule has 0 spiro atoms. The second kappa shape index (κ2) is 7.53. The number of carbonyl (C=O) groups is 2. The van der Waals surface area contributed by atoms with Crippen LogP contribution in [-0.4, -0.2) is 32.2 Å². The van der Waals surface area contributed by atoms with E-state index >= 15 is 0 Å². The third-order valence-corrected chi connectivity index (χ3v) is 3.57. The van der Waals surface area contributed by atoms with E-state index in [0.29, 0.717) is 36.0 Å². The van der Waals surface area contributed by atoms with Crippen molar-refractivity contribution in [3.63, 3.8) is 0 Å². The average molecular weight is 339 g/mol. The van der Waals surface area contributed by atoms with Crippen LogP contribution in [0.15, 0.2) is 48.5 Å². The molecule has 0 fully saturated rings. The number of benzene rings is 2. The van der Waals surface area contributed by atoms with Crippen LogP contribution in [0.2, 0.25) is 0 Å². The van der Waals surface area contributed by atoms with Crippen LogP contribution in [-0.2, 0) is 9.53 Å². The normalized spacial score (nSPS) is 12.7. The lowest BCUT2D eigenvalue weighted by molar-refractivity contribution is -0.111. The smallest absolute Gasteiger partial charge is 0.337 e. The van der Waals surface area contributed by atoms with Gasteiger partial charge < -0.3 is 19.5 Å². The molecule has 1 heterocycles. The van der Waals surface area contributed by atoms with Gasteiger partial charge in [-0.05, 0) is 35.9 Å². The van der Waals surface area contributed by atoms with Crippen LogP contribution in [0.25, 0.3) is 6.08 Å². The molecule has 6 heteroatoms. The Morgan fingerprint density at radius 2 is 1.76 bits per heavy atom. The SMILES string of the molecule is COC(=O)c1ccc(/C=C\C(=O)Nc2ccc3c(c2)OCCO3)cc1. The zero-order valence-corrected chi connectivity index (χ0v) is 13.7. The standard InChI is InChI=1S/C19H17NO5/c1-23-19(22)14-5-2-13(3-6-14)4-9-18(21)20-15-7-8-16-17(12-15)25-11-10-24-16/h2-9,12H,10-11H2,1H3,(H,20,21)/b9-4-. The van der Waals surface area contributed by atoms with Crippen molar-refractivity contribution < 1.29 is 23.8 Å². The number of carbonyl (C=O) groups excluding carboxylic acids is 2. The summed E-state index contributed by atoms with van der Waals surface area (Å²) in [5, 5.41) is 2.77. The summed E-state index contributed by atoms with van der Waals surface area (Å²) in [5.41, 5.74) is 1.88. The van der Waals surface area contributed by atoms with Gasteiger partial charge in [-0.1, -0.05) is 12.1 Å². The molecule has 128 valence electrons. The number of nitrogens with one attached hydrogen (secondary N) is 1. The molecule has 25 heavy (non-hydrogen) atoms. The van der Waals surface area contributed by atoms with Crippen LogP contribution >= 0.6 is 0 Å². The fourth-order valence-corrected chi connectivity index (χ4v) is 2.33. The maximum Gasteiger partial charge on any atom is 0.337 e. The Morgan fingerprint density at radius 3 is 2.48 bits per heavy atom. The average Bonchev–Trinajstić information content (AvgIpc) is 2.66. The van der Waals surface area contributed by atoms with Gasteiger partial charge in [0.2, 0.25) is 5.91 Å². The highest BCUT2D eigenvalue weighted by Gasteiger charge is 2.12. The van der Waals surface area contributed by atoms with E-state index in [-0.39, 0.29) is 5.91 Å². The minimum Gasteiger partial charge on any atom is -0.486 e. The molecule has 0 radical (unpaired) electrons. The second-order valence-corrected chi connectivity index (χ2v) is 5.29. The maximum atomic E-state index is 12.0. The van der Waals surface area contributed by atoms with Crippen LogP contribution in [0.3, 0.4) is 0 Å². The number of hydrogen-bond donors (Lipinski definition) is 1. The van der Waals surface area contributed by atoms with Gasteiger partial charge in [0.1, 0.15) is 13.2 Å². The first kappa shape index (κ1) is 16.6. The molecule has 0 bridgehead atoms. The van der Waals surface area contributed by atoms with Crippen molar-refractivity contribution in [2.45, 2.75) is 0 Å². The Bertz CT molecular complexity index is 811.